The lowest BCUT2D eigenvalue weighted by atomic mass is 9.99. The van der Waals surface area contributed by atoms with Crippen molar-refractivity contribution >= 4 is 21.7 Å². The normalized spacial score (nSPS) is 14.3. The number of hydrogen-bond acceptors (Lipinski definition) is 5. The summed E-state index contributed by atoms with van der Waals surface area (Å²) in [7, 11) is -1.75. The Kier molecular flexibility index (Phi) is 7.36. The van der Waals surface area contributed by atoms with Crippen molar-refractivity contribution in [1.82, 2.24) is 15.8 Å². The number of guanidine groups is 1. The number of sulfonamides is 1. The first-order chi connectivity index (χ1) is 14.5. The minimum Gasteiger partial charge on any atom is -0.359 e. The third-order valence-electron chi connectivity index (χ3n) is 5.47. The Morgan fingerprint density at radius 1 is 1.27 bits per heavy atom. The molecule has 0 spiro atoms. The van der Waals surface area contributed by atoms with E-state index in [0.29, 0.717) is 25.0 Å². The molecule has 0 aliphatic carbocycles. The molecule has 0 atom stereocenters. The van der Waals surface area contributed by atoms with Gasteiger partial charge >= 0.3 is 0 Å². The van der Waals surface area contributed by atoms with Crippen LogP contribution < -0.4 is 14.9 Å². The summed E-state index contributed by atoms with van der Waals surface area (Å²) in [5.41, 5.74) is 2.83. The molecule has 2 heterocycles. The zero-order valence-electron chi connectivity index (χ0n) is 17.9. The van der Waals surface area contributed by atoms with Crippen molar-refractivity contribution in [3.8, 4) is 0 Å². The van der Waals surface area contributed by atoms with E-state index >= 15 is 0 Å². The van der Waals surface area contributed by atoms with Crippen LogP contribution >= 0.6 is 0 Å². The lowest BCUT2D eigenvalue weighted by Gasteiger charge is -2.20. The summed E-state index contributed by atoms with van der Waals surface area (Å²) in [5, 5.41) is 10.4. The fourth-order valence-corrected chi connectivity index (χ4v) is 5.14. The summed E-state index contributed by atoms with van der Waals surface area (Å²) >= 11 is 0. The lowest BCUT2D eigenvalue weighted by molar-refractivity contribution is 0.368. The van der Waals surface area contributed by atoms with Crippen molar-refractivity contribution in [2.75, 3.05) is 30.2 Å². The minimum atomic E-state index is -3.40. The molecule has 0 amide bonds. The maximum Gasteiger partial charge on any atom is 0.236 e. The monoisotopic (exact) mass is 433 g/mol. The third kappa shape index (κ3) is 5.13. The first-order valence-electron chi connectivity index (χ1n) is 10.5. The molecule has 9 heteroatoms. The van der Waals surface area contributed by atoms with Crippen LogP contribution in [0, 0.1) is 0 Å². The highest BCUT2D eigenvalue weighted by atomic mass is 32.2. The van der Waals surface area contributed by atoms with Crippen molar-refractivity contribution in [2.45, 2.75) is 45.6 Å². The van der Waals surface area contributed by atoms with E-state index < -0.39 is 10.0 Å². The highest BCUT2D eigenvalue weighted by Crippen LogP contribution is 2.29. The van der Waals surface area contributed by atoms with Gasteiger partial charge in [-0.25, -0.2) is 8.42 Å². The molecule has 0 unspecified atom stereocenters. The number of aliphatic imine (C=N–C) groups is 1. The standard InChI is InChI=1S/C21H31N5O3S/c1-4-16(5-2)19-14-18(29-25-19)15-24-21(22-3)23-11-13-30(27,28)26-12-10-17-8-6-7-9-20(17)26/h6-9,14,16H,4-5,10-13,15H2,1-3H3,(H2,22,23,24). The van der Waals surface area contributed by atoms with Gasteiger partial charge in [-0.3, -0.25) is 9.30 Å². The highest BCUT2D eigenvalue weighted by molar-refractivity contribution is 7.92. The number of rotatable bonds is 9. The van der Waals surface area contributed by atoms with Crippen molar-refractivity contribution in [1.29, 1.82) is 0 Å². The molecule has 1 aliphatic rings. The maximum absolute atomic E-state index is 12.8. The molecular weight excluding hydrogens is 402 g/mol. The van der Waals surface area contributed by atoms with Crippen molar-refractivity contribution in [3.05, 3.63) is 47.3 Å². The van der Waals surface area contributed by atoms with Crippen LogP contribution in [0.15, 0.2) is 39.8 Å². The van der Waals surface area contributed by atoms with Crippen LogP contribution in [0.3, 0.4) is 0 Å². The average Bonchev–Trinajstić information content (AvgIpc) is 3.39. The summed E-state index contributed by atoms with van der Waals surface area (Å²) < 4.78 is 32.5. The number of fused-ring (bicyclic) bond motifs is 1. The van der Waals surface area contributed by atoms with Gasteiger partial charge in [0.15, 0.2) is 11.7 Å². The van der Waals surface area contributed by atoms with Gasteiger partial charge in [0.05, 0.1) is 23.7 Å². The summed E-state index contributed by atoms with van der Waals surface area (Å²) in [6, 6.07) is 9.62. The van der Waals surface area contributed by atoms with Crippen LogP contribution in [-0.2, 0) is 23.0 Å². The number of nitrogens with one attached hydrogen (secondary N) is 2. The van der Waals surface area contributed by atoms with E-state index in [9.17, 15) is 8.42 Å². The van der Waals surface area contributed by atoms with E-state index in [0.717, 1.165) is 42.0 Å². The minimum absolute atomic E-state index is 0.0107. The predicted octanol–water partition coefficient (Wildman–Crippen LogP) is 2.64. The molecule has 0 bridgehead atoms. The van der Waals surface area contributed by atoms with E-state index in [2.05, 4.69) is 34.6 Å². The Labute approximate surface area is 178 Å². The largest absolute Gasteiger partial charge is 0.359 e. The molecule has 0 radical (unpaired) electrons. The fourth-order valence-electron chi connectivity index (χ4n) is 3.71. The Hall–Kier alpha value is -2.55. The highest BCUT2D eigenvalue weighted by Gasteiger charge is 2.28. The Balaban J connectivity index is 1.49. The van der Waals surface area contributed by atoms with E-state index in [1.807, 2.05) is 30.3 Å². The van der Waals surface area contributed by atoms with E-state index in [4.69, 9.17) is 4.52 Å². The van der Waals surface area contributed by atoms with Crippen LogP contribution in [0.25, 0.3) is 0 Å². The van der Waals surface area contributed by atoms with E-state index in [1.165, 1.54) is 4.31 Å². The second-order valence-corrected chi connectivity index (χ2v) is 9.36. The van der Waals surface area contributed by atoms with Gasteiger partial charge < -0.3 is 15.2 Å². The number of benzene rings is 1. The van der Waals surface area contributed by atoms with Crippen molar-refractivity contribution in [2.24, 2.45) is 4.99 Å². The van der Waals surface area contributed by atoms with E-state index in [1.54, 1.807) is 7.05 Å². The molecule has 3 rings (SSSR count). The summed E-state index contributed by atoms with van der Waals surface area (Å²) in [5.74, 6) is 1.64. The Morgan fingerprint density at radius 2 is 2.03 bits per heavy atom. The topological polar surface area (TPSA) is 99.8 Å². The molecule has 8 nitrogen and oxygen atoms in total. The molecule has 2 aromatic rings. The van der Waals surface area contributed by atoms with Gasteiger partial charge in [0.2, 0.25) is 10.0 Å². The second kappa shape index (κ2) is 9.97. The van der Waals surface area contributed by atoms with Gasteiger partial charge in [0.25, 0.3) is 0 Å². The van der Waals surface area contributed by atoms with Crippen LogP contribution in [0.1, 0.15) is 49.6 Å². The maximum atomic E-state index is 12.8. The van der Waals surface area contributed by atoms with Crippen LogP contribution in [-0.4, -0.2) is 45.4 Å². The second-order valence-electron chi connectivity index (χ2n) is 7.35. The first-order valence-corrected chi connectivity index (χ1v) is 12.1. The van der Waals surface area contributed by atoms with Crippen LogP contribution in [0.4, 0.5) is 5.69 Å². The zero-order valence-corrected chi connectivity index (χ0v) is 18.7. The molecule has 1 aliphatic heterocycles. The summed E-state index contributed by atoms with van der Waals surface area (Å²) in [6.45, 7) is 5.47. The van der Waals surface area contributed by atoms with Gasteiger partial charge in [-0.2, -0.15) is 0 Å². The van der Waals surface area contributed by atoms with Gasteiger partial charge in [0, 0.05) is 32.1 Å². The lowest BCUT2D eigenvalue weighted by Crippen LogP contribution is -2.41. The van der Waals surface area contributed by atoms with Gasteiger partial charge in [-0.1, -0.05) is 37.2 Å². The SMILES string of the molecule is CCC(CC)c1cc(CNC(=NC)NCCS(=O)(=O)N2CCc3ccccc32)on1. The zero-order chi connectivity index (χ0) is 21.6. The molecule has 164 valence electrons. The number of para-hydroxylation sites is 1. The number of anilines is 1. The first kappa shape index (κ1) is 22.1. The van der Waals surface area contributed by atoms with E-state index in [-0.39, 0.29) is 12.3 Å². The number of nitrogens with zero attached hydrogens (tertiary/aromatic N) is 3. The van der Waals surface area contributed by atoms with Crippen molar-refractivity contribution in [3.63, 3.8) is 0 Å². The molecule has 0 saturated carbocycles. The van der Waals surface area contributed by atoms with Crippen LogP contribution in [0.2, 0.25) is 0 Å². The predicted molar refractivity (Wildman–Crippen MR) is 119 cm³/mol. The number of aromatic nitrogens is 1. The summed E-state index contributed by atoms with van der Waals surface area (Å²) in [6.07, 6.45) is 2.80. The fraction of sp³-hybridized carbons (Fsp3) is 0.524. The molecule has 0 fully saturated rings. The third-order valence-corrected chi connectivity index (χ3v) is 7.24. The van der Waals surface area contributed by atoms with Gasteiger partial charge in [-0.05, 0) is 30.9 Å². The van der Waals surface area contributed by atoms with Gasteiger partial charge in [0.1, 0.15) is 0 Å². The molecule has 0 saturated heterocycles. The average molecular weight is 434 g/mol. The molecule has 2 N–H and O–H groups in total. The molecule has 30 heavy (non-hydrogen) atoms. The van der Waals surface area contributed by atoms with Gasteiger partial charge in [-0.15, -0.1) is 0 Å². The quantitative estimate of drug-likeness (QED) is 0.466. The Morgan fingerprint density at radius 3 is 2.77 bits per heavy atom. The summed E-state index contributed by atoms with van der Waals surface area (Å²) in [4.78, 5) is 4.15. The van der Waals surface area contributed by atoms with Crippen LogP contribution in [0.5, 0.6) is 0 Å². The van der Waals surface area contributed by atoms with Crippen molar-refractivity contribution < 1.29 is 12.9 Å². The Bertz CT molecular complexity index is 967. The smallest absolute Gasteiger partial charge is 0.236 e. The molecular formula is C21H31N5O3S. The molecule has 1 aromatic carbocycles. The molecule has 1 aromatic heterocycles. The number of hydrogen-bond donors (Lipinski definition) is 2.